The lowest BCUT2D eigenvalue weighted by Crippen LogP contribution is -2.44. The number of nitrogens with one attached hydrogen (secondary N) is 2. The molecule has 1 atom stereocenters. The lowest BCUT2D eigenvalue weighted by molar-refractivity contribution is -0.120. The topological polar surface area (TPSA) is 113 Å². The largest absolute Gasteiger partial charge is 0.326 e. The molecular weight excluding hydrogens is 593 g/mol. The van der Waals surface area contributed by atoms with Crippen molar-refractivity contribution in [2.45, 2.75) is 23.5 Å². The third-order valence-corrected chi connectivity index (χ3v) is 10.2. The molecular formula is C25H24Cl3N3O5S2. The SMILES string of the molecule is O=C(Nc1ccc(S(=O)(=O)Nc2ccc(Cl)cc2)cc1)[C@H]1CCCN(S(=O)(=O)Cc2ccc(Cl)c(Cl)c2)C1. The van der Waals surface area contributed by atoms with E-state index in [0.717, 1.165) is 0 Å². The lowest BCUT2D eigenvalue weighted by atomic mass is 9.99. The highest BCUT2D eigenvalue weighted by Gasteiger charge is 2.32. The molecule has 13 heteroatoms. The van der Waals surface area contributed by atoms with Gasteiger partial charge >= 0.3 is 0 Å². The van der Waals surface area contributed by atoms with Gasteiger partial charge < -0.3 is 5.32 Å². The molecule has 0 radical (unpaired) electrons. The molecule has 2 N–H and O–H groups in total. The minimum atomic E-state index is -3.84. The summed E-state index contributed by atoms with van der Waals surface area (Å²) in [5, 5.41) is 3.86. The van der Waals surface area contributed by atoms with Gasteiger partial charge in [0, 0.05) is 29.5 Å². The lowest BCUT2D eigenvalue weighted by Gasteiger charge is -2.31. The summed E-state index contributed by atoms with van der Waals surface area (Å²) >= 11 is 17.8. The molecule has 38 heavy (non-hydrogen) atoms. The predicted molar refractivity (Wildman–Crippen MR) is 151 cm³/mol. The average Bonchev–Trinajstić information content (AvgIpc) is 2.88. The third-order valence-electron chi connectivity index (χ3n) is 6.01. The molecule has 1 fully saturated rings. The zero-order valence-electron chi connectivity index (χ0n) is 19.9. The summed E-state index contributed by atoms with van der Waals surface area (Å²) in [6.07, 6.45) is 1.06. The quantitative estimate of drug-likeness (QED) is 0.341. The van der Waals surface area contributed by atoms with Gasteiger partial charge in [-0.2, -0.15) is 0 Å². The zero-order chi connectivity index (χ0) is 27.5. The molecule has 1 amide bonds. The van der Waals surface area contributed by atoms with Gasteiger partial charge in [-0.15, -0.1) is 0 Å². The highest BCUT2D eigenvalue weighted by atomic mass is 35.5. The fourth-order valence-electron chi connectivity index (χ4n) is 4.03. The molecule has 4 rings (SSSR count). The normalized spacial score (nSPS) is 16.7. The summed E-state index contributed by atoms with van der Waals surface area (Å²) in [5.41, 5.74) is 1.27. The van der Waals surface area contributed by atoms with E-state index in [1.165, 1.54) is 34.6 Å². The Labute approximate surface area is 237 Å². The van der Waals surface area contributed by atoms with Crippen LogP contribution in [0.15, 0.2) is 71.6 Å². The van der Waals surface area contributed by atoms with E-state index in [1.54, 1.807) is 36.4 Å². The van der Waals surface area contributed by atoms with Crippen LogP contribution >= 0.6 is 34.8 Å². The molecule has 8 nitrogen and oxygen atoms in total. The van der Waals surface area contributed by atoms with Crippen molar-refractivity contribution in [3.05, 3.63) is 87.4 Å². The Morgan fingerprint density at radius 1 is 0.868 bits per heavy atom. The maximum atomic E-state index is 13.0. The molecule has 3 aromatic carbocycles. The van der Waals surface area contributed by atoms with Crippen LogP contribution < -0.4 is 10.0 Å². The van der Waals surface area contributed by atoms with Crippen LogP contribution in [0.3, 0.4) is 0 Å². The van der Waals surface area contributed by atoms with Gasteiger partial charge in [0.05, 0.1) is 26.6 Å². The van der Waals surface area contributed by atoms with E-state index < -0.39 is 26.0 Å². The zero-order valence-corrected chi connectivity index (χ0v) is 23.8. The first kappa shape index (κ1) is 28.7. The molecule has 202 valence electrons. The van der Waals surface area contributed by atoms with Gasteiger partial charge in [-0.25, -0.2) is 21.1 Å². The molecule has 0 saturated carbocycles. The maximum absolute atomic E-state index is 13.0. The fraction of sp³-hybridized carbons (Fsp3) is 0.240. The van der Waals surface area contributed by atoms with Gasteiger partial charge in [0.25, 0.3) is 10.0 Å². The molecule has 0 aliphatic carbocycles. The number of sulfonamides is 2. The van der Waals surface area contributed by atoms with Crippen molar-refractivity contribution in [1.82, 2.24) is 4.31 Å². The minimum absolute atomic E-state index is 0.0164. The van der Waals surface area contributed by atoms with Crippen LogP contribution in [0.4, 0.5) is 11.4 Å². The first-order valence-electron chi connectivity index (χ1n) is 11.5. The first-order chi connectivity index (χ1) is 17.9. The van der Waals surface area contributed by atoms with Crippen LogP contribution in [0.2, 0.25) is 15.1 Å². The highest BCUT2D eigenvalue weighted by Crippen LogP contribution is 2.27. The molecule has 0 aromatic heterocycles. The van der Waals surface area contributed by atoms with E-state index in [0.29, 0.717) is 46.4 Å². The van der Waals surface area contributed by atoms with Gasteiger partial charge in [0.2, 0.25) is 15.9 Å². The van der Waals surface area contributed by atoms with Crippen molar-refractivity contribution < 1.29 is 21.6 Å². The van der Waals surface area contributed by atoms with E-state index in [9.17, 15) is 21.6 Å². The van der Waals surface area contributed by atoms with Crippen molar-refractivity contribution >= 4 is 72.1 Å². The summed E-state index contributed by atoms with van der Waals surface area (Å²) in [4.78, 5) is 12.9. The van der Waals surface area contributed by atoms with Gasteiger partial charge in [-0.3, -0.25) is 9.52 Å². The van der Waals surface area contributed by atoms with Gasteiger partial charge in [0.15, 0.2) is 0 Å². The second-order valence-electron chi connectivity index (χ2n) is 8.83. The Kier molecular flexibility index (Phi) is 8.91. The van der Waals surface area contributed by atoms with Crippen LogP contribution in [0, 0.1) is 5.92 Å². The van der Waals surface area contributed by atoms with Crippen LogP contribution in [-0.4, -0.2) is 40.1 Å². The van der Waals surface area contributed by atoms with Crippen LogP contribution in [0.1, 0.15) is 18.4 Å². The first-order valence-corrected chi connectivity index (χ1v) is 15.8. The Hall–Kier alpha value is -2.34. The number of hydrogen-bond donors (Lipinski definition) is 2. The summed E-state index contributed by atoms with van der Waals surface area (Å²) in [6, 6.07) is 16.6. The Balaban J connectivity index is 1.38. The van der Waals surface area contributed by atoms with Gasteiger partial charge in [0.1, 0.15) is 0 Å². The molecule has 1 aliphatic heterocycles. The average molecular weight is 617 g/mol. The number of carbonyl (C=O) groups is 1. The van der Waals surface area contributed by atoms with Crippen molar-refractivity contribution in [3.8, 4) is 0 Å². The summed E-state index contributed by atoms with van der Waals surface area (Å²) in [7, 11) is -7.53. The number of rotatable bonds is 8. The predicted octanol–water partition coefficient (Wildman–Crippen LogP) is 5.63. The molecule has 0 unspecified atom stereocenters. The Morgan fingerprint density at radius 3 is 2.18 bits per heavy atom. The Bertz CT molecular complexity index is 1530. The van der Waals surface area contributed by atoms with E-state index >= 15 is 0 Å². The van der Waals surface area contributed by atoms with Crippen molar-refractivity contribution in [3.63, 3.8) is 0 Å². The second-order valence-corrected chi connectivity index (χ2v) is 13.7. The highest BCUT2D eigenvalue weighted by molar-refractivity contribution is 7.92. The van der Waals surface area contributed by atoms with Gasteiger partial charge in [-0.1, -0.05) is 40.9 Å². The second kappa shape index (κ2) is 11.8. The van der Waals surface area contributed by atoms with Crippen LogP contribution in [0.5, 0.6) is 0 Å². The van der Waals surface area contributed by atoms with Crippen LogP contribution in [0.25, 0.3) is 0 Å². The molecule has 0 bridgehead atoms. The number of hydrogen-bond acceptors (Lipinski definition) is 5. The fourth-order valence-corrected chi connectivity index (χ4v) is 7.14. The van der Waals surface area contributed by atoms with Crippen molar-refractivity contribution in [2.24, 2.45) is 5.92 Å². The standard InChI is InChI=1S/C25H24Cl3N3O5S2/c26-19-4-6-21(7-5-19)30-38(35,36)22-10-8-20(9-11-22)29-25(32)18-2-1-13-31(15-18)37(33,34)16-17-3-12-23(27)24(28)14-17/h3-12,14,18,30H,1-2,13,15-16H2,(H,29,32)/t18-/m0/s1. The molecule has 1 aliphatic rings. The van der Waals surface area contributed by atoms with Gasteiger partial charge in [-0.05, 0) is 79.1 Å². The summed E-state index contributed by atoms with van der Waals surface area (Å²) in [6.45, 7) is 0.369. The van der Waals surface area contributed by atoms with Crippen molar-refractivity contribution in [2.75, 3.05) is 23.1 Å². The van der Waals surface area contributed by atoms with E-state index in [-0.39, 0.29) is 28.1 Å². The molecule has 1 saturated heterocycles. The smallest absolute Gasteiger partial charge is 0.261 e. The number of carbonyl (C=O) groups excluding carboxylic acids is 1. The van der Waals surface area contributed by atoms with E-state index in [1.807, 2.05) is 0 Å². The number of anilines is 2. The number of nitrogens with zero attached hydrogens (tertiary/aromatic N) is 1. The third kappa shape index (κ3) is 7.19. The molecule has 3 aromatic rings. The molecule has 0 spiro atoms. The van der Waals surface area contributed by atoms with E-state index in [4.69, 9.17) is 34.8 Å². The number of halogens is 3. The molecule has 1 heterocycles. The number of amides is 1. The summed E-state index contributed by atoms with van der Waals surface area (Å²) in [5.74, 6) is -1.14. The van der Waals surface area contributed by atoms with Crippen molar-refractivity contribution in [1.29, 1.82) is 0 Å². The number of benzene rings is 3. The van der Waals surface area contributed by atoms with Crippen LogP contribution in [-0.2, 0) is 30.6 Å². The maximum Gasteiger partial charge on any atom is 0.261 e. The number of piperidine rings is 1. The summed E-state index contributed by atoms with van der Waals surface area (Å²) < 4.78 is 55.1. The minimum Gasteiger partial charge on any atom is -0.326 e. The Morgan fingerprint density at radius 2 is 1.53 bits per heavy atom. The monoisotopic (exact) mass is 615 g/mol. The van der Waals surface area contributed by atoms with E-state index in [2.05, 4.69) is 10.0 Å².